The van der Waals surface area contributed by atoms with Crippen molar-refractivity contribution in [2.45, 2.75) is 33.2 Å². The Balaban J connectivity index is 2.81. The maximum absolute atomic E-state index is 11.1. The minimum absolute atomic E-state index is 0.0295. The summed E-state index contributed by atoms with van der Waals surface area (Å²) in [5, 5.41) is 3.23. The highest BCUT2D eigenvalue weighted by atomic mass is 32.2. The van der Waals surface area contributed by atoms with Gasteiger partial charge in [-0.3, -0.25) is 4.79 Å². The van der Waals surface area contributed by atoms with Crippen LogP contribution in [-0.4, -0.2) is 16.5 Å². The van der Waals surface area contributed by atoms with Gasteiger partial charge in [0.05, 0.1) is 5.54 Å². The molecule has 12 heavy (non-hydrogen) atoms. The number of carbonyl (C=O) groups excluding carboxylic acids is 1. The van der Waals surface area contributed by atoms with Crippen LogP contribution in [0.3, 0.4) is 0 Å². The van der Waals surface area contributed by atoms with Crippen molar-refractivity contribution in [3.8, 4) is 0 Å². The lowest BCUT2D eigenvalue weighted by Crippen LogP contribution is -2.52. The van der Waals surface area contributed by atoms with E-state index in [0.29, 0.717) is 11.8 Å². The van der Waals surface area contributed by atoms with Crippen LogP contribution in [0.4, 0.5) is 4.79 Å². The Labute approximate surface area is 78.5 Å². The van der Waals surface area contributed by atoms with Gasteiger partial charge in [-0.1, -0.05) is 39.5 Å². The fourth-order valence-electron chi connectivity index (χ4n) is 1.74. The van der Waals surface area contributed by atoms with Crippen molar-refractivity contribution in [3.05, 3.63) is 0 Å². The van der Waals surface area contributed by atoms with Gasteiger partial charge in [-0.15, -0.1) is 0 Å². The minimum Gasteiger partial charge on any atom is -0.340 e. The van der Waals surface area contributed by atoms with Crippen molar-refractivity contribution in [2.24, 2.45) is 11.8 Å². The molecule has 3 heteroatoms. The van der Waals surface area contributed by atoms with Gasteiger partial charge in [0.25, 0.3) is 5.24 Å². The second-order valence-electron chi connectivity index (χ2n) is 4.05. The van der Waals surface area contributed by atoms with Crippen molar-refractivity contribution in [3.63, 3.8) is 0 Å². The number of hydrogen-bond donors (Lipinski definition) is 1. The zero-order valence-corrected chi connectivity index (χ0v) is 8.99. The maximum Gasteiger partial charge on any atom is 0.279 e. The topological polar surface area (TPSA) is 29.1 Å². The highest BCUT2D eigenvalue weighted by molar-refractivity contribution is 8.14. The molecule has 0 saturated carbocycles. The molecular formula is C9H17NOS. The van der Waals surface area contributed by atoms with E-state index in [9.17, 15) is 4.79 Å². The van der Waals surface area contributed by atoms with Gasteiger partial charge in [-0.2, -0.15) is 0 Å². The van der Waals surface area contributed by atoms with Crippen LogP contribution in [0.2, 0.25) is 0 Å². The predicted octanol–water partition coefficient (Wildman–Crippen LogP) is 2.49. The Kier molecular flexibility index (Phi) is 2.71. The normalized spacial score (nSPS) is 22.0. The first-order valence-electron chi connectivity index (χ1n) is 4.44. The summed E-state index contributed by atoms with van der Waals surface area (Å²) >= 11 is 1.41. The van der Waals surface area contributed by atoms with Crippen LogP contribution in [0.5, 0.6) is 0 Å². The standard InChI is InChI=1S/C9H17NOS/c1-6(2)9(7(3)4)5-12-8(11)10-9/h6-7H,5H2,1-4H3,(H,10,11). The largest absolute Gasteiger partial charge is 0.340 e. The van der Waals surface area contributed by atoms with Gasteiger partial charge in [-0.05, 0) is 11.8 Å². The highest BCUT2D eigenvalue weighted by Gasteiger charge is 2.43. The van der Waals surface area contributed by atoms with E-state index in [1.54, 1.807) is 0 Å². The van der Waals surface area contributed by atoms with E-state index in [4.69, 9.17) is 0 Å². The smallest absolute Gasteiger partial charge is 0.279 e. The molecular weight excluding hydrogens is 170 g/mol. The van der Waals surface area contributed by atoms with E-state index in [-0.39, 0.29) is 10.8 Å². The van der Waals surface area contributed by atoms with Gasteiger partial charge in [0.15, 0.2) is 0 Å². The van der Waals surface area contributed by atoms with E-state index >= 15 is 0 Å². The number of hydrogen-bond acceptors (Lipinski definition) is 2. The van der Waals surface area contributed by atoms with Crippen molar-refractivity contribution in [2.75, 3.05) is 5.75 Å². The molecule has 0 aromatic rings. The highest BCUT2D eigenvalue weighted by Crippen LogP contribution is 2.35. The molecule has 0 spiro atoms. The molecule has 1 rings (SSSR count). The Morgan fingerprint density at radius 2 is 1.83 bits per heavy atom. The summed E-state index contributed by atoms with van der Waals surface area (Å²) in [5.41, 5.74) is 0.0295. The molecule has 0 aromatic heterocycles. The van der Waals surface area contributed by atoms with Crippen molar-refractivity contribution in [1.82, 2.24) is 5.32 Å². The molecule has 0 unspecified atom stereocenters. The molecule has 0 radical (unpaired) electrons. The number of nitrogens with one attached hydrogen (secondary N) is 1. The van der Waals surface area contributed by atoms with E-state index in [0.717, 1.165) is 5.75 Å². The summed E-state index contributed by atoms with van der Waals surface area (Å²) in [6.07, 6.45) is 0. The molecule has 1 saturated heterocycles. The van der Waals surface area contributed by atoms with E-state index in [1.165, 1.54) is 11.8 Å². The quantitative estimate of drug-likeness (QED) is 0.719. The van der Waals surface area contributed by atoms with Crippen LogP contribution in [0.15, 0.2) is 0 Å². The first-order valence-corrected chi connectivity index (χ1v) is 5.42. The zero-order chi connectivity index (χ0) is 9.35. The lowest BCUT2D eigenvalue weighted by atomic mass is 9.79. The Morgan fingerprint density at radius 3 is 2.00 bits per heavy atom. The molecule has 70 valence electrons. The molecule has 1 amide bonds. The van der Waals surface area contributed by atoms with E-state index < -0.39 is 0 Å². The minimum atomic E-state index is 0.0295. The number of carbonyl (C=O) groups is 1. The number of amides is 1. The average molecular weight is 187 g/mol. The first kappa shape index (κ1) is 9.90. The molecule has 0 bridgehead atoms. The first-order chi connectivity index (χ1) is 5.49. The fourth-order valence-corrected chi connectivity index (χ4v) is 3.11. The number of thioether (sulfide) groups is 1. The van der Waals surface area contributed by atoms with Gasteiger partial charge in [0.1, 0.15) is 0 Å². The third-order valence-corrected chi connectivity index (χ3v) is 3.82. The molecule has 0 aliphatic carbocycles. The summed E-state index contributed by atoms with van der Waals surface area (Å²) in [6, 6.07) is 0. The van der Waals surface area contributed by atoms with E-state index in [2.05, 4.69) is 33.0 Å². The summed E-state index contributed by atoms with van der Waals surface area (Å²) in [7, 11) is 0. The third kappa shape index (κ3) is 1.47. The Bertz CT molecular complexity index is 181. The third-order valence-electron chi connectivity index (χ3n) is 2.84. The molecule has 1 N–H and O–H groups in total. The van der Waals surface area contributed by atoms with Crippen molar-refractivity contribution >= 4 is 17.0 Å². The summed E-state index contributed by atoms with van der Waals surface area (Å²) in [6.45, 7) is 8.69. The molecule has 1 fully saturated rings. The molecule has 0 atom stereocenters. The summed E-state index contributed by atoms with van der Waals surface area (Å²) < 4.78 is 0. The molecule has 0 aromatic carbocycles. The van der Waals surface area contributed by atoms with Crippen LogP contribution < -0.4 is 5.32 Å². The Hall–Kier alpha value is -0.180. The van der Waals surface area contributed by atoms with Crippen molar-refractivity contribution in [1.29, 1.82) is 0 Å². The lowest BCUT2D eigenvalue weighted by molar-refractivity contribution is 0.203. The van der Waals surface area contributed by atoms with Gasteiger partial charge in [-0.25, -0.2) is 0 Å². The van der Waals surface area contributed by atoms with Crippen LogP contribution in [0, 0.1) is 11.8 Å². The van der Waals surface area contributed by atoms with Crippen molar-refractivity contribution < 1.29 is 4.79 Å². The Morgan fingerprint density at radius 1 is 1.33 bits per heavy atom. The molecule has 1 heterocycles. The molecule has 1 aliphatic rings. The second kappa shape index (κ2) is 3.29. The van der Waals surface area contributed by atoms with Crippen LogP contribution in [-0.2, 0) is 0 Å². The van der Waals surface area contributed by atoms with Gasteiger partial charge in [0.2, 0.25) is 0 Å². The number of rotatable bonds is 2. The molecule has 2 nitrogen and oxygen atoms in total. The molecule has 1 aliphatic heterocycles. The second-order valence-corrected chi connectivity index (χ2v) is 5.00. The van der Waals surface area contributed by atoms with Gasteiger partial charge >= 0.3 is 0 Å². The predicted molar refractivity (Wildman–Crippen MR) is 53.4 cm³/mol. The fraction of sp³-hybridized carbons (Fsp3) is 0.889. The zero-order valence-electron chi connectivity index (χ0n) is 8.18. The summed E-state index contributed by atoms with van der Waals surface area (Å²) in [5.74, 6) is 1.94. The van der Waals surface area contributed by atoms with Gasteiger partial charge < -0.3 is 5.32 Å². The van der Waals surface area contributed by atoms with Crippen LogP contribution in [0.1, 0.15) is 27.7 Å². The van der Waals surface area contributed by atoms with Crippen LogP contribution in [0.25, 0.3) is 0 Å². The van der Waals surface area contributed by atoms with Gasteiger partial charge in [0, 0.05) is 5.75 Å². The van der Waals surface area contributed by atoms with E-state index in [1.807, 2.05) is 0 Å². The summed E-state index contributed by atoms with van der Waals surface area (Å²) in [4.78, 5) is 11.1. The monoisotopic (exact) mass is 187 g/mol. The lowest BCUT2D eigenvalue weighted by Gasteiger charge is -2.36. The van der Waals surface area contributed by atoms with Crippen LogP contribution >= 0.6 is 11.8 Å². The average Bonchev–Trinajstić information content (AvgIpc) is 2.32. The maximum atomic E-state index is 11.1. The SMILES string of the molecule is CC(C)C1(C(C)C)CSC(=O)N1.